The normalized spacial score (nSPS) is 36.8. The van der Waals surface area contributed by atoms with E-state index in [1.807, 2.05) is 0 Å². The van der Waals surface area contributed by atoms with Crippen molar-refractivity contribution in [3.63, 3.8) is 0 Å². The third kappa shape index (κ3) is 4.34. The van der Waals surface area contributed by atoms with Crippen LogP contribution in [0.4, 0.5) is 0 Å². The number of nitrogens with two attached hydrogens (primary N) is 1. The van der Waals surface area contributed by atoms with E-state index in [0.717, 1.165) is 25.0 Å². The lowest BCUT2D eigenvalue weighted by molar-refractivity contribution is -0.265. The minimum Gasteiger partial charge on any atom is -0.394 e. The van der Waals surface area contributed by atoms with Crippen LogP contribution in [0.15, 0.2) is 0 Å². The Labute approximate surface area is 112 Å². The van der Waals surface area contributed by atoms with Gasteiger partial charge >= 0.3 is 0 Å². The second kappa shape index (κ2) is 8.31. The van der Waals surface area contributed by atoms with Crippen molar-refractivity contribution >= 4 is 12.6 Å². The molecule has 108 valence electrons. The standard InChI is InChI=1S/C11H23NO5S/c12-8-10(15)9(14)7(6-13)17-11(8)16-4-2-1-3-5-18/h7-11,13-15,18H,1-6,12H2/t7?,8?,9?,10?,11-/m1/s1. The molecule has 0 bridgehead atoms. The molecule has 1 saturated heterocycles. The van der Waals surface area contributed by atoms with E-state index in [1.54, 1.807) is 0 Å². The molecule has 0 radical (unpaired) electrons. The lowest BCUT2D eigenvalue weighted by Gasteiger charge is -2.40. The first kappa shape index (κ1) is 16.2. The summed E-state index contributed by atoms with van der Waals surface area (Å²) in [5.74, 6) is 0.844. The topological polar surface area (TPSA) is 105 Å². The van der Waals surface area contributed by atoms with E-state index in [2.05, 4.69) is 12.6 Å². The Morgan fingerprint density at radius 2 is 1.89 bits per heavy atom. The van der Waals surface area contributed by atoms with Crippen LogP contribution in [0.2, 0.25) is 0 Å². The Morgan fingerprint density at radius 3 is 2.50 bits per heavy atom. The van der Waals surface area contributed by atoms with E-state index in [9.17, 15) is 10.2 Å². The van der Waals surface area contributed by atoms with Gasteiger partial charge in [-0.15, -0.1) is 0 Å². The van der Waals surface area contributed by atoms with Crippen molar-refractivity contribution in [1.82, 2.24) is 0 Å². The summed E-state index contributed by atoms with van der Waals surface area (Å²) in [5, 5.41) is 28.3. The molecule has 1 aliphatic rings. The van der Waals surface area contributed by atoms with E-state index in [4.69, 9.17) is 20.3 Å². The minimum absolute atomic E-state index is 0.384. The van der Waals surface area contributed by atoms with Crippen LogP contribution in [0.25, 0.3) is 0 Å². The highest BCUT2D eigenvalue weighted by Crippen LogP contribution is 2.20. The molecular formula is C11H23NO5S. The Hall–Kier alpha value is 0.110. The molecule has 1 heterocycles. The number of ether oxygens (including phenoxy) is 2. The summed E-state index contributed by atoms with van der Waals surface area (Å²) in [7, 11) is 0. The first-order valence-electron chi connectivity index (χ1n) is 6.22. The molecule has 0 saturated carbocycles. The van der Waals surface area contributed by atoms with Crippen molar-refractivity contribution in [3.05, 3.63) is 0 Å². The highest BCUT2D eigenvalue weighted by atomic mass is 32.1. The monoisotopic (exact) mass is 281 g/mol. The highest BCUT2D eigenvalue weighted by molar-refractivity contribution is 7.80. The average molecular weight is 281 g/mol. The zero-order valence-corrected chi connectivity index (χ0v) is 11.2. The SMILES string of the molecule is NC1C(O)C(O)C(CO)O[C@H]1OCCCCCS. The molecule has 0 aromatic carbocycles. The van der Waals surface area contributed by atoms with Gasteiger partial charge in [0.05, 0.1) is 12.6 Å². The Balaban J connectivity index is 2.35. The maximum atomic E-state index is 9.70. The lowest BCUT2D eigenvalue weighted by atomic mass is 9.98. The van der Waals surface area contributed by atoms with Gasteiger partial charge in [-0.05, 0) is 18.6 Å². The van der Waals surface area contributed by atoms with Crippen molar-refractivity contribution < 1.29 is 24.8 Å². The van der Waals surface area contributed by atoms with Crippen LogP contribution in [-0.4, -0.2) is 64.9 Å². The van der Waals surface area contributed by atoms with Gasteiger partial charge in [-0.1, -0.05) is 6.42 Å². The lowest BCUT2D eigenvalue weighted by Crippen LogP contribution is -2.62. The zero-order chi connectivity index (χ0) is 13.5. The van der Waals surface area contributed by atoms with Crippen molar-refractivity contribution in [3.8, 4) is 0 Å². The molecule has 0 aromatic heterocycles. The van der Waals surface area contributed by atoms with E-state index < -0.39 is 30.6 Å². The summed E-state index contributed by atoms with van der Waals surface area (Å²) in [6, 6.07) is -0.812. The van der Waals surface area contributed by atoms with Gasteiger partial charge in [0.15, 0.2) is 6.29 Å². The van der Waals surface area contributed by atoms with Crippen molar-refractivity contribution in [2.24, 2.45) is 5.73 Å². The largest absolute Gasteiger partial charge is 0.394 e. The highest BCUT2D eigenvalue weighted by Gasteiger charge is 2.42. The number of hydrogen-bond donors (Lipinski definition) is 5. The third-order valence-corrected chi connectivity index (χ3v) is 3.33. The molecule has 7 heteroatoms. The zero-order valence-electron chi connectivity index (χ0n) is 10.3. The smallest absolute Gasteiger partial charge is 0.175 e. The van der Waals surface area contributed by atoms with Gasteiger partial charge in [0.2, 0.25) is 0 Å². The van der Waals surface area contributed by atoms with Crippen LogP contribution < -0.4 is 5.73 Å². The number of thiol groups is 1. The van der Waals surface area contributed by atoms with Gasteiger partial charge in [0.1, 0.15) is 18.3 Å². The Morgan fingerprint density at radius 1 is 1.17 bits per heavy atom. The van der Waals surface area contributed by atoms with Gasteiger partial charge in [-0.3, -0.25) is 0 Å². The number of rotatable bonds is 7. The maximum absolute atomic E-state index is 9.70. The van der Waals surface area contributed by atoms with E-state index in [0.29, 0.717) is 6.61 Å². The molecule has 5 N–H and O–H groups in total. The fourth-order valence-electron chi connectivity index (χ4n) is 1.84. The molecule has 6 nitrogen and oxygen atoms in total. The summed E-state index contributed by atoms with van der Waals surface area (Å²) >= 11 is 4.11. The van der Waals surface area contributed by atoms with Crippen LogP contribution in [0.3, 0.4) is 0 Å². The van der Waals surface area contributed by atoms with Gasteiger partial charge < -0.3 is 30.5 Å². The first-order valence-corrected chi connectivity index (χ1v) is 6.85. The van der Waals surface area contributed by atoms with Crippen LogP contribution in [0.5, 0.6) is 0 Å². The first-order chi connectivity index (χ1) is 8.61. The van der Waals surface area contributed by atoms with Crippen LogP contribution in [0, 0.1) is 0 Å². The van der Waals surface area contributed by atoms with Gasteiger partial charge in [-0.2, -0.15) is 12.6 Å². The summed E-state index contributed by atoms with van der Waals surface area (Å²) in [6.45, 7) is 0.0809. The number of aliphatic hydroxyl groups excluding tert-OH is 3. The van der Waals surface area contributed by atoms with Gasteiger partial charge in [-0.25, -0.2) is 0 Å². The van der Waals surface area contributed by atoms with Gasteiger partial charge in [0, 0.05) is 6.61 Å². The molecule has 1 fully saturated rings. The molecule has 0 aliphatic carbocycles. The molecule has 18 heavy (non-hydrogen) atoms. The Bertz CT molecular complexity index is 231. The summed E-state index contributed by atoms with van der Waals surface area (Å²) < 4.78 is 10.8. The molecular weight excluding hydrogens is 258 g/mol. The quantitative estimate of drug-likeness (QED) is 0.299. The summed E-state index contributed by atoms with van der Waals surface area (Å²) in [6.07, 6.45) is -1.12. The minimum atomic E-state index is -1.19. The molecule has 0 aromatic rings. The predicted octanol–water partition coefficient (Wildman–Crippen LogP) is -1.13. The van der Waals surface area contributed by atoms with Crippen LogP contribution >= 0.6 is 12.6 Å². The van der Waals surface area contributed by atoms with Gasteiger partial charge in [0.25, 0.3) is 0 Å². The fraction of sp³-hybridized carbons (Fsp3) is 1.00. The predicted molar refractivity (Wildman–Crippen MR) is 69.4 cm³/mol. The van der Waals surface area contributed by atoms with Crippen molar-refractivity contribution in [2.75, 3.05) is 19.0 Å². The van der Waals surface area contributed by atoms with E-state index >= 15 is 0 Å². The van der Waals surface area contributed by atoms with Crippen LogP contribution in [0.1, 0.15) is 19.3 Å². The number of aliphatic hydroxyl groups is 3. The maximum Gasteiger partial charge on any atom is 0.175 e. The van der Waals surface area contributed by atoms with E-state index in [1.165, 1.54) is 0 Å². The molecule has 5 atom stereocenters. The fourth-order valence-corrected chi connectivity index (χ4v) is 2.07. The number of hydrogen-bond acceptors (Lipinski definition) is 7. The molecule has 0 amide bonds. The third-order valence-electron chi connectivity index (χ3n) is 3.01. The molecule has 4 unspecified atom stereocenters. The molecule has 0 spiro atoms. The van der Waals surface area contributed by atoms with E-state index in [-0.39, 0.29) is 6.61 Å². The Kier molecular flexibility index (Phi) is 7.47. The summed E-state index contributed by atoms with van der Waals surface area (Å²) in [4.78, 5) is 0. The molecule has 1 rings (SSSR count). The van der Waals surface area contributed by atoms with Crippen molar-refractivity contribution in [2.45, 2.75) is 49.9 Å². The second-order valence-corrected chi connectivity index (χ2v) is 4.89. The van der Waals surface area contributed by atoms with Crippen LogP contribution in [-0.2, 0) is 9.47 Å². The summed E-state index contributed by atoms with van der Waals surface area (Å²) in [5.41, 5.74) is 5.72. The van der Waals surface area contributed by atoms with Crippen molar-refractivity contribution in [1.29, 1.82) is 0 Å². The molecule has 1 aliphatic heterocycles. The second-order valence-electron chi connectivity index (χ2n) is 4.44. The number of unbranched alkanes of at least 4 members (excludes halogenated alkanes) is 2. The average Bonchev–Trinajstić information content (AvgIpc) is 2.38.